The van der Waals surface area contributed by atoms with E-state index in [2.05, 4.69) is 20.7 Å². The summed E-state index contributed by atoms with van der Waals surface area (Å²) in [6, 6.07) is 3.19. The monoisotopic (exact) mass is 362 g/mol. The maximum Gasteiger partial charge on any atom is 0.241 e. The molecule has 1 heterocycles. The van der Waals surface area contributed by atoms with Gasteiger partial charge in [0.1, 0.15) is 0 Å². The van der Waals surface area contributed by atoms with Gasteiger partial charge in [0.2, 0.25) is 10.0 Å². The lowest BCUT2D eigenvalue weighted by atomic mass is 10.1. The third kappa shape index (κ3) is 3.52. The van der Waals surface area contributed by atoms with Gasteiger partial charge in [-0.15, -0.1) is 0 Å². The molecule has 2 rings (SSSR count). The maximum absolute atomic E-state index is 12.5. The number of sulfonamides is 1. The minimum absolute atomic E-state index is 0.0742. The lowest BCUT2D eigenvalue weighted by Crippen LogP contribution is -2.41. The van der Waals surface area contributed by atoms with Crippen molar-refractivity contribution in [3.63, 3.8) is 0 Å². The minimum atomic E-state index is -3.57. The highest BCUT2D eigenvalue weighted by molar-refractivity contribution is 9.10. The van der Waals surface area contributed by atoms with Crippen LogP contribution in [-0.4, -0.2) is 27.2 Å². The molecule has 5 nitrogen and oxygen atoms in total. The smallest absolute Gasteiger partial charge is 0.241 e. The number of hydrogen-bond acceptors (Lipinski definition) is 4. The average Bonchev–Trinajstić information content (AvgIpc) is 2.33. The number of nitrogens with one attached hydrogen (secondary N) is 1. The van der Waals surface area contributed by atoms with Crippen molar-refractivity contribution < 1.29 is 13.2 Å². The zero-order valence-corrected chi connectivity index (χ0v) is 13.9. The highest BCUT2D eigenvalue weighted by atomic mass is 79.9. The fourth-order valence-corrected chi connectivity index (χ4v) is 4.55. The molecular formula is C13H19BrN2O3S. The molecule has 1 fully saturated rings. The van der Waals surface area contributed by atoms with Crippen LogP contribution in [0.25, 0.3) is 0 Å². The van der Waals surface area contributed by atoms with Crippen LogP contribution in [-0.2, 0) is 14.8 Å². The molecule has 20 heavy (non-hydrogen) atoms. The highest BCUT2D eigenvalue weighted by Gasteiger charge is 2.26. The molecule has 0 spiro atoms. The molecule has 1 aromatic carbocycles. The van der Waals surface area contributed by atoms with Crippen molar-refractivity contribution in [1.29, 1.82) is 0 Å². The Hall–Kier alpha value is -0.630. The van der Waals surface area contributed by atoms with Crippen molar-refractivity contribution in [1.82, 2.24) is 4.72 Å². The van der Waals surface area contributed by atoms with Crippen LogP contribution < -0.4 is 10.5 Å². The Morgan fingerprint density at radius 2 is 2.15 bits per heavy atom. The number of ether oxygens (including phenoxy) is 1. The molecule has 0 aliphatic carbocycles. The fraction of sp³-hybridized carbons (Fsp3) is 0.538. The Morgan fingerprint density at radius 1 is 1.45 bits per heavy atom. The molecular weight excluding hydrogens is 344 g/mol. The molecule has 1 aromatic rings. The summed E-state index contributed by atoms with van der Waals surface area (Å²) in [4.78, 5) is 0.225. The van der Waals surface area contributed by atoms with Gasteiger partial charge in [0.25, 0.3) is 0 Å². The first-order chi connectivity index (χ1) is 9.29. The van der Waals surface area contributed by atoms with Gasteiger partial charge in [-0.1, -0.05) is 15.9 Å². The third-order valence-electron chi connectivity index (χ3n) is 3.46. The summed E-state index contributed by atoms with van der Waals surface area (Å²) in [7, 11) is -3.57. The van der Waals surface area contributed by atoms with E-state index in [-0.39, 0.29) is 17.0 Å². The molecule has 0 saturated carbocycles. The normalized spacial score (nSPS) is 23.8. The van der Waals surface area contributed by atoms with Crippen molar-refractivity contribution in [2.24, 2.45) is 0 Å². The van der Waals surface area contributed by atoms with E-state index in [4.69, 9.17) is 10.5 Å². The van der Waals surface area contributed by atoms with E-state index < -0.39 is 10.0 Å². The Bertz CT molecular complexity index is 604. The standard InChI is InChI=1S/C13H19BrN2O3S/c1-8-5-11(3-4-19-8)16-20(17,18)13-7-10(14)6-12(15)9(13)2/h6-8,11,16H,3-5,15H2,1-2H3. The van der Waals surface area contributed by atoms with Crippen LogP contribution in [0.3, 0.4) is 0 Å². The zero-order valence-electron chi connectivity index (χ0n) is 11.5. The summed E-state index contributed by atoms with van der Waals surface area (Å²) in [6.45, 7) is 4.24. The molecule has 1 saturated heterocycles. The first-order valence-electron chi connectivity index (χ1n) is 6.49. The van der Waals surface area contributed by atoms with Crippen LogP contribution in [0.15, 0.2) is 21.5 Å². The Balaban J connectivity index is 2.26. The largest absolute Gasteiger partial charge is 0.398 e. The van der Waals surface area contributed by atoms with Gasteiger partial charge < -0.3 is 10.5 Å². The lowest BCUT2D eigenvalue weighted by Gasteiger charge is -2.28. The number of rotatable bonds is 3. The summed E-state index contributed by atoms with van der Waals surface area (Å²) in [5.74, 6) is 0. The van der Waals surface area contributed by atoms with E-state index in [1.54, 1.807) is 19.1 Å². The topological polar surface area (TPSA) is 81.4 Å². The Morgan fingerprint density at radius 3 is 2.80 bits per heavy atom. The third-order valence-corrected chi connectivity index (χ3v) is 5.57. The summed E-state index contributed by atoms with van der Waals surface area (Å²) < 4.78 is 33.8. The predicted octanol–water partition coefficient (Wildman–Crippen LogP) is 2.19. The Kier molecular flexibility index (Phi) is 4.73. The van der Waals surface area contributed by atoms with Crippen LogP contribution in [0, 0.1) is 6.92 Å². The minimum Gasteiger partial charge on any atom is -0.398 e. The molecule has 7 heteroatoms. The van der Waals surface area contributed by atoms with Gasteiger partial charge in [-0.3, -0.25) is 0 Å². The molecule has 0 bridgehead atoms. The predicted molar refractivity (Wildman–Crippen MR) is 82.0 cm³/mol. The number of nitrogens with two attached hydrogens (primary N) is 1. The van der Waals surface area contributed by atoms with E-state index in [9.17, 15) is 8.42 Å². The SMILES string of the molecule is Cc1c(N)cc(Br)cc1S(=O)(=O)NC1CCOC(C)C1. The Labute approximate surface area is 128 Å². The highest BCUT2D eigenvalue weighted by Crippen LogP contribution is 2.27. The molecule has 3 N–H and O–H groups in total. The molecule has 1 aliphatic heterocycles. The van der Waals surface area contributed by atoms with Crippen LogP contribution in [0.4, 0.5) is 5.69 Å². The van der Waals surface area contributed by atoms with Crippen molar-refractivity contribution in [2.45, 2.75) is 43.7 Å². The first-order valence-corrected chi connectivity index (χ1v) is 8.77. The number of benzene rings is 1. The first kappa shape index (κ1) is 15.8. The molecule has 0 radical (unpaired) electrons. The van der Waals surface area contributed by atoms with Crippen molar-refractivity contribution in [3.8, 4) is 0 Å². The quantitative estimate of drug-likeness (QED) is 0.807. The summed E-state index contributed by atoms with van der Waals surface area (Å²) in [6.07, 6.45) is 1.44. The van der Waals surface area contributed by atoms with Crippen LogP contribution in [0.2, 0.25) is 0 Å². The summed E-state index contributed by atoms with van der Waals surface area (Å²) >= 11 is 3.28. The zero-order chi connectivity index (χ0) is 14.9. The molecule has 1 aliphatic rings. The van der Waals surface area contributed by atoms with E-state index in [0.717, 1.165) is 0 Å². The summed E-state index contributed by atoms with van der Waals surface area (Å²) in [5, 5.41) is 0. The van der Waals surface area contributed by atoms with Crippen LogP contribution in [0.5, 0.6) is 0 Å². The fourth-order valence-electron chi connectivity index (χ4n) is 2.34. The second-order valence-electron chi connectivity index (χ2n) is 5.14. The average molecular weight is 363 g/mol. The number of hydrogen-bond donors (Lipinski definition) is 2. The van der Waals surface area contributed by atoms with Gasteiger partial charge >= 0.3 is 0 Å². The molecule has 2 atom stereocenters. The van der Waals surface area contributed by atoms with Crippen molar-refractivity contribution in [3.05, 3.63) is 22.2 Å². The van der Waals surface area contributed by atoms with Gasteiger partial charge in [0.15, 0.2) is 0 Å². The van der Waals surface area contributed by atoms with Crippen molar-refractivity contribution in [2.75, 3.05) is 12.3 Å². The lowest BCUT2D eigenvalue weighted by molar-refractivity contribution is 0.0173. The van der Waals surface area contributed by atoms with E-state index in [1.165, 1.54) is 0 Å². The van der Waals surface area contributed by atoms with E-state index in [0.29, 0.717) is 35.2 Å². The number of halogens is 1. The van der Waals surface area contributed by atoms with E-state index >= 15 is 0 Å². The van der Waals surface area contributed by atoms with Gasteiger partial charge in [-0.05, 0) is 44.4 Å². The van der Waals surface area contributed by atoms with Gasteiger partial charge in [-0.2, -0.15) is 0 Å². The molecule has 112 valence electrons. The molecule has 2 unspecified atom stereocenters. The second kappa shape index (κ2) is 6.01. The maximum atomic E-state index is 12.5. The van der Waals surface area contributed by atoms with E-state index in [1.807, 2.05) is 6.92 Å². The number of anilines is 1. The number of nitrogen functional groups attached to an aromatic ring is 1. The van der Waals surface area contributed by atoms with Gasteiger partial charge in [0.05, 0.1) is 11.0 Å². The van der Waals surface area contributed by atoms with Gasteiger partial charge in [0, 0.05) is 22.8 Å². The molecule has 0 aromatic heterocycles. The van der Waals surface area contributed by atoms with Gasteiger partial charge in [-0.25, -0.2) is 13.1 Å². The van der Waals surface area contributed by atoms with Crippen LogP contribution >= 0.6 is 15.9 Å². The second-order valence-corrected chi connectivity index (χ2v) is 7.74. The summed E-state index contributed by atoms with van der Waals surface area (Å²) in [5.41, 5.74) is 6.86. The van der Waals surface area contributed by atoms with Crippen molar-refractivity contribution >= 4 is 31.6 Å². The molecule has 0 amide bonds. The van der Waals surface area contributed by atoms with Crippen LogP contribution in [0.1, 0.15) is 25.3 Å².